The Morgan fingerprint density at radius 3 is 2.88 bits per heavy atom. The van der Waals surface area contributed by atoms with Crippen molar-refractivity contribution in [3.05, 3.63) is 29.3 Å². The van der Waals surface area contributed by atoms with E-state index in [1.54, 1.807) is 10.8 Å². The molecule has 2 aromatic heterocycles. The van der Waals surface area contributed by atoms with Gasteiger partial charge in [-0.05, 0) is 25.0 Å². The van der Waals surface area contributed by atoms with Crippen molar-refractivity contribution in [2.75, 3.05) is 0 Å². The monoisotopic (exact) mass is 219 g/mol. The van der Waals surface area contributed by atoms with Gasteiger partial charge in [-0.25, -0.2) is 9.50 Å². The van der Waals surface area contributed by atoms with Crippen LogP contribution in [0.2, 0.25) is 0 Å². The lowest BCUT2D eigenvalue weighted by Crippen LogP contribution is -2.03. The normalized spacial score (nSPS) is 10.9. The molecule has 5 heteroatoms. The second-order valence-corrected chi connectivity index (χ2v) is 3.72. The molecule has 0 saturated heterocycles. The van der Waals surface area contributed by atoms with Crippen LogP contribution in [0.1, 0.15) is 23.9 Å². The molecule has 0 radical (unpaired) electrons. The Kier molecular flexibility index (Phi) is 2.60. The minimum absolute atomic E-state index is 0.0664. The quantitative estimate of drug-likeness (QED) is 0.843. The number of carboxylic acids is 1. The van der Waals surface area contributed by atoms with Gasteiger partial charge in [-0.2, -0.15) is 5.10 Å². The smallest absolute Gasteiger partial charge is 0.309 e. The average molecular weight is 219 g/mol. The topological polar surface area (TPSA) is 67.5 Å². The summed E-state index contributed by atoms with van der Waals surface area (Å²) in [4.78, 5) is 14.7. The lowest BCUT2D eigenvalue weighted by atomic mass is 10.1. The third-order valence-corrected chi connectivity index (χ3v) is 2.56. The summed E-state index contributed by atoms with van der Waals surface area (Å²) in [5.74, 6) is -0.877. The minimum atomic E-state index is -0.877. The van der Waals surface area contributed by atoms with Crippen molar-refractivity contribution in [1.29, 1.82) is 0 Å². The summed E-state index contributed by atoms with van der Waals surface area (Å²) in [7, 11) is 0. The van der Waals surface area contributed by atoms with E-state index in [2.05, 4.69) is 10.1 Å². The SMILES string of the molecule is CCc1nn2cnc(CC(=O)O)c2cc1C. The molecular weight excluding hydrogens is 206 g/mol. The number of carboxylic acid groups (broad SMARTS) is 1. The van der Waals surface area contributed by atoms with E-state index in [1.165, 1.54) is 0 Å². The molecule has 0 bridgehead atoms. The van der Waals surface area contributed by atoms with Crippen LogP contribution in [0, 0.1) is 6.92 Å². The molecule has 0 spiro atoms. The number of rotatable bonds is 3. The van der Waals surface area contributed by atoms with Gasteiger partial charge < -0.3 is 5.11 Å². The van der Waals surface area contributed by atoms with Crippen molar-refractivity contribution in [1.82, 2.24) is 14.6 Å². The fourth-order valence-corrected chi connectivity index (χ4v) is 1.74. The third kappa shape index (κ3) is 1.76. The van der Waals surface area contributed by atoms with Gasteiger partial charge in [0.05, 0.1) is 23.3 Å². The summed E-state index contributed by atoms with van der Waals surface area (Å²) in [5.41, 5.74) is 3.41. The number of nitrogens with zero attached hydrogens (tertiary/aromatic N) is 3. The molecule has 0 aliphatic carbocycles. The standard InChI is InChI=1S/C11H13N3O2/c1-3-8-7(2)4-10-9(5-11(15)16)12-6-14(10)13-8/h4,6H,3,5H2,1-2H3,(H,15,16). The highest BCUT2D eigenvalue weighted by atomic mass is 16.4. The van der Waals surface area contributed by atoms with Crippen LogP contribution in [0.3, 0.4) is 0 Å². The second kappa shape index (κ2) is 3.92. The van der Waals surface area contributed by atoms with Gasteiger partial charge in [-0.3, -0.25) is 4.79 Å². The van der Waals surface area contributed by atoms with Crippen molar-refractivity contribution < 1.29 is 9.90 Å². The molecule has 2 aromatic rings. The van der Waals surface area contributed by atoms with Crippen LogP contribution in [-0.2, 0) is 17.6 Å². The predicted octanol–water partition coefficient (Wildman–Crippen LogP) is 1.23. The fourth-order valence-electron chi connectivity index (χ4n) is 1.74. The van der Waals surface area contributed by atoms with Crippen LogP contribution in [-0.4, -0.2) is 25.7 Å². The van der Waals surface area contributed by atoms with E-state index in [4.69, 9.17) is 5.11 Å². The number of carbonyl (C=O) groups is 1. The molecule has 2 rings (SSSR count). The maximum absolute atomic E-state index is 10.6. The van der Waals surface area contributed by atoms with E-state index in [0.717, 1.165) is 23.2 Å². The molecule has 0 amide bonds. The lowest BCUT2D eigenvalue weighted by molar-refractivity contribution is -0.136. The van der Waals surface area contributed by atoms with Gasteiger partial charge in [-0.15, -0.1) is 0 Å². The highest BCUT2D eigenvalue weighted by molar-refractivity contribution is 5.73. The zero-order chi connectivity index (χ0) is 11.7. The molecule has 16 heavy (non-hydrogen) atoms. The second-order valence-electron chi connectivity index (χ2n) is 3.72. The Balaban J connectivity index is 2.55. The average Bonchev–Trinajstić information content (AvgIpc) is 2.59. The zero-order valence-corrected chi connectivity index (χ0v) is 9.27. The van der Waals surface area contributed by atoms with E-state index in [9.17, 15) is 4.79 Å². The number of hydrogen-bond donors (Lipinski definition) is 1. The van der Waals surface area contributed by atoms with Crippen molar-refractivity contribution in [2.24, 2.45) is 0 Å². The summed E-state index contributed by atoms with van der Waals surface area (Å²) in [6.07, 6.45) is 2.35. The molecule has 0 aliphatic heterocycles. The first-order valence-corrected chi connectivity index (χ1v) is 5.16. The Morgan fingerprint density at radius 2 is 2.25 bits per heavy atom. The third-order valence-electron chi connectivity index (χ3n) is 2.56. The molecule has 0 aliphatic rings. The van der Waals surface area contributed by atoms with E-state index < -0.39 is 5.97 Å². The molecule has 0 unspecified atom stereocenters. The number of aryl methyl sites for hydroxylation is 2. The summed E-state index contributed by atoms with van der Waals surface area (Å²) in [5, 5.41) is 13.1. The van der Waals surface area contributed by atoms with Gasteiger partial charge in [0.1, 0.15) is 6.33 Å². The number of aromatic nitrogens is 3. The van der Waals surface area contributed by atoms with Crippen LogP contribution < -0.4 is 0 Å². The van der Waals surface area contributed by atoms with Crippen LogP contribution in [0.4, 0.5) is 0 Å². The van der Waals surface area contributed by atoms with E-state index in [0.29, 0.717) is 5.69 Å². The molecule has 0 aromatic carbocycles. The van der Waals surface area contributed by atoms with E-state index in [1.807, 2.05) is 19.9 Å². The predicted molar refractivity (Wildman–Crippen MR) is 58.4 cm³/mol. The van der Waals surface area contributed by atoms with Gasteiger partial charge in [0.2, 0.25) is 0 Å². The number of aliphatic carboxylic acids is 1. The summed E-state index contributed by atoms with van der Waals surface area (Å²) >= 11 is 0. The number of hydrogen-bond acceptors (Lipinski definition) is 3. The zero-order valence-electron chi connectivity index (χ0n) is 9.27. The van der Waals surface area contributed by atoms with Crippen LogP contribution in [0.15, 0.2) is 12.4 Å². The molecule has 0 saturated carbocycles. The van der Waals surface area contributed by atoms with Crippen molar-refractivity contribution in [2.45, 2.75) is 26.7 Å². The summed E-state index contributed by atoms with van der Waals surface area (Å²) in [6.45, 7) is 4.01. The first kappa shape index (κ1) is 10.6. The van der Waals surface area contributed by atoms with Crippen molar-refractivity contribution >= 4 is 11.5 Å². The number of imidazole rings is 1. The van der Waals surface area contributed by atoms with Crippen LogP contribution >= 0.6 is 0 Å². The van der Waals surface area contributed by atoms with Gasteiger partial charge >= 0.3 is 5.97 Å². The van der Waals surface area contributed by atoms with E-state index >= 15 is 0 Å². The Labute approximate surface area is 92.7 Å². The van der Waals surface area contributed by atoms with Crippen molar-refractivity contribution in [3.8, 4) is 0 Å². The molecule has 84 valence electrons. The lowest BCUT2D eigenvalue weighted by Gasteiger charge is -2.03. The highest BCUT2D eigenvalue weighted by Crippen LogP contribution is 2.14. The summed E-state index contributed by atoms with van der Waals surface area (Å²) in [6, 6.07) is 1.94. The minimum Gasteiger partial charge on any atom is -0.481 e. The Bertz CT molecular complexity index is 545. The first-order chi connectivity index (χ1) is 7.61. The first-order valence-electron chi connectivity index (χ1n) is 5.16. The Morgan fingerprint density at radius 1 is 1.50 bits per heavy atom. The molecule has 0 atom stereocenters. The Hall–Kier alpha value is -1.91. The maximum atomic E-state index is 10.6. The highest BCUT2D eigenvalue weighted by Gasteiger charge is 2.10. The van der Waals surface area contributed by atoms with Gasteiger partial charge in [0.15, 0.2) is 0 Å². The van der Waals surface area contributed by atoms with E-state index in [-0.39, 0.29) is 6.42 Å². The fraction of sp³-hybridized carbons (Fsp3) is 0.364. The molecule has 5 nitrogen and oxygen atoms in total. The van der Waals surface area contributed by atoms with Crippen LogP contribution in [0.5, 0.6) is 0 Å². The molecule has 1 N–H and O–H groups in total. The maximum Gasteiger partial charge on any atom is 0.309 e. The molecule has 0 fully saturated rings. The number of fused-ring (bicyclic) bond motifs is 1. The van der Waals surface area contributed by atoms with Gasteiger partial charge in [-0.1, -0.05) is 6.92 Å². The summed E-state index contributed by atoms with van der Waals surface area (Å²) < 4.78 is 1.64. The van der Waals surface area contributed by atoms with Crippen LogP contribution in [0.25, 0.3) is 5.52 Å². The van der Waals surface area contributed by atoms with Crippen molar-refractivity contribution in [3.63, 3.8) is 0 Å². The molecule has 2 heterocycles. The van der Waals surface area contributed by atoms with Gasteiger partial charge in [0.25, 0.3) is 0 Å². The van der Waals surface area contributed by atoms with Gasteiger partial charge in [0, 0.05) is 0 Å². The largest absolute Gasteiger partial charge is 0.481 e. The molecular formula is C11H13N3O2.